The average Bonchev–Trinajstić information content (AvgIpc) is 3.41. The SMILES string of the molecule is O=C1OCN(C(=O)OCC2c3ccccc3-c3ccccc32)[C@H]1CCCC(=O)N1CCCCC1. The first kappa shape index (κ1) is 22.4. The number of esters is 1. The van der Waals surface area contributed by atoms with Gasteiger partial charge in [-0.3, -0.25) is 9.69 Å². The lowest BCUT2D eigenvalue weighted by Crippen LogP contribution is -2.39. The fraction of sp³-hybridized carbons (Fsp3) is 0.444. The van der Waals surface area contributed by atoms with Crippen LogP contribution in [0.25, 0.3) is 11.1 Å². The fourth-order valence-electron chi connectivity index (χ4n) is 5.33. The molecule has 0 aromatic heterocycles. The van der Waals surface area contributed by atoms with Gasteiger partial charge in [0.15, 0.2) is 6.73 Å². The summed E-state index contributed by atoms with van der Waals surface area (Å²) in [6.07, 6.45) is 4.02. The maximum atomic E-state index is 12.9. The van der Waals surface area contributed by atoms with E-state index in [1.165, 1.54) is 11.3 Å². The number of hydrogen-bond acceptors (Lipinski definition) is 5. The summed E-state index contributed by atoms with van der Waals surface area (Å²) in [7, 11) is 0. The number of nitrogens with zero attached hydrogens (tertiary/aromatic N) is 2. The van der Waals surface area contributed by atoms with Gasteiger partial charge >= 0.3 is 12.1 Å². The van der Waals surface area contributed by atoms with Gasteiger partial charge in [0.25, 0.3) is 0 Å². The van der Waals surface area contributed by atoms with Crippen LogP contribution in [0, 0.1) is 0 Å². The minimum atomic E-state index is -0.704. The summed E-state index contributed by atoms with van der Waals surface area (Å²) in [6.45, 7) is 1.71. The third kappa shape index (κ3) is 4.39. The van der Waals surface area contributed by atoms with E-state index in [1.54, 1.807) is 0 Å². The lowest BCUT2D eigenvalue weighted by molar-refractivity contribution is -0.139. The quantitative estimate of drug-likeness (QED) is 0.598. The largest absolute Gasteiger partial charge is 0.448 e. The Bertz CT molecular complexity index is 1030. The van der Waals surface area contributed by atoms with Crippen LogP contribution in [-0.4, -0.2) is 60.2 Å². The maximum absolute atomic E-state index is 12.9. The zero-order chi connectivity index (χ0) is 23.5. The maximum Gasteiger partial charge on any atom is 0.413 e. The van der Waals surface area contributed by atoms with Crippen molar-refractivity contribution in [2.24, 2.45) is 0 Å². The first-order chi connectivity index (χ1) is 16.6. The molecule has 34 heavy (non-hydrogen) atoms. The summed E-state index contributed by atoms with van der Waals surface area (Å²) in [5.74, 6) is -0.353. The molecule has 0 saturated carbocycles. The monoisotopic (exact) mass is 462 g/mol. The highest BCUT2D eigenvalue weighted by molar-refractivity contribution is 5.84. The van der Waals surface area contributed by atoms with E-state index in [2.05, 4.69) is 24.3 Å². The molecule has 0 spiro atoms. The molecule has 0 unspecified atom stereocenters. The van der Waals surface area contributed by atoms with Crippen molar-refractivity contribution in [1.82, 2.24) is 9.80 Å². The van der Waals surface area contributed by atoms with E-state index in [1.807, 2.05) is 29.2 Å². The number of piperidine rings is 1. The molecule has 1 atom stereocenters. The molecule has 0 radical (unpaired) electrons. The molecule has 0 N–H and O–H groups in total. The van der Waals surface area contributed by atoms with Crippen molar-refractivity contribution < 1.29 is 23.9 Å². The summed E-state index contributed by atoms with van der Waals surface area (Å²) < 4.78 is 10.9. The van der Waals surface area contributed by atoms with Crippen molar-refractivity contribution in [3.05, 3.63) is 59.7 Å². The Labute approximate surface area is 199 Å². The van der Waals surface area contributed by atoms with E-state index in [4.69, 9.17) is 9.47 Å². The van der Waals surface area contributed by atoms with Gasteiger partial charge < -0.3 is 14.4 Å². The van der Waals surface area contributed by atoms with Gasteiger partial charge in [0.05, 0.1) is 0 Å². The summed E-state index contributed by atoms with van der Waals surface area (Å²) in [5, 5.41) is 0. The molecular formula is C27H30N2O5. The predicted octanol–water partition coefficient (Wildman–Crippen LogP) is 4.30. The van der Waals surface area contributed by atoms with Crippen LogP contribution in [0.1, 0.15) is 55.6 Å². The molecule has 7 nitrogen and oxygen atoms in total. The Hall–Kier alpha value is -3.35. The van der Waals surface area contributed by atoms with Crippen LogP contribution in [0.15, 0.2) is 48.5 Å². The molecular weight excluding hydrogens is 432 g/mol. The number of rotatable bonds is 6. The summed E-state index contributed by atoms with van der Waals surface area (Å²) in [6, 6.07) is 15.6. The number of benzene rings is 2. The van der Waals surface area contributed by atoms with Crippen molar-refractivity contribution >= 4 is 18.0 Å². The third-order valence-electron chi connectivity index (χ3n) is 7.14. The van der Waals surface area contributed by atoms with Crippen LogP contribution < -0.4 is 0 Å². The number of ether oxygens (including phenoxy) is 2. The lowest BCUT2D eigenvalue weighted by atomic mass is 9.98. The predicted molar refractivity (Wildman–Crippen MR) is 126 cm³/mol. The normalized spacial score (nSPS) is 19.5. The summed E-state index contributed by atoms with van der Waals surface area (Å²) >= 11 is 0. The Morgan fingerprint density at radius 2 is 1.59 bits per heavy atom. The molecule has 2 aromatic carbocycles. The minimum Gasteiger partial charge on any atom is -0.448 e. The third-order valence-corrected chi connectivity index (χ3v) is 7.14. The molecule has 5 rings (SSSR count). The Kier molecular flexibility index (Phi) is 6.52. The molecule has 1 aliphatic carbocycles. The number of hydrogen-bond donors (Lipinski definition) is 0. The smallest absolute Gasteiger partial charge is 0.413 e. The van der Waals surface area contributed by atoms with Crippen molar-refractivity contribution in [1.29, 1.82) is 0 Å². The van der Waals surface area contributed by atoms with E-state index < -0.39 is 18.1 Å². The molecule has 2 amide bonds. The van der Waals surface area contributed by atoms with Gasteiger partial charge in [-0.15, -0.1) is 0 Å². The fourth-order valence-corrected chi connectivity index (χ4v) is 5.33. The van der Waals surface area contributed by atoms with Crippen molar-refractivity contribution in [3.8, 4) is 11.1 Å². The zero-order valence-electron chi connectivity index (χ0n) is 19.3. The Balaban J connectivity index is 1.18. The second-order valence-corrected chi connectivity index (χ2v) is 9.22. The summed E-state index contributed by atoms with van der Waals surface area (Å²) in [4.78, 5) is 40.9. The second kappa shape index (κ2) is 9.87. The van der Waals surface area contributed by atoms with Gasteiger partial charge in [0.1, 0.15) is 12.6 Å². The van der Waals surface area contributed by atoms with E-state index in [-0.39, 0.29) is 25.2 Å². The van der Waals surface area contributed by atoms with E-state index in [9.17, 15) is 14.4 Å². The molecule has 7 heteroatoms. The van der Waals surface area contributed by atoms with Gasteiger partial charge in [-0.1, -0.05) is 48.5 Å². The van der Waals surface area contributed by atoms with E-state index >= 15 is 0 Å². The second-order valence-electron chi connectivity index (χ2n) is 9.22. The van der Waals surface area contributed by atoms with Crippen LogP contribution in [0.3, 0.4) is 0 Å². The van der Waals surface area contributed by atoms with Gasteiger partial charge in [-0.25, -0.2) is 9.59 Å². The van der Waals surface area contributed by atoms with Gasteiger partial charge in [0, 0.05) is 25.4 Å². The Morgan fingerprint density at radius 3 is 2.26 bits per heavy atom. The van der Waals surface area contributed by atoms with E-state index in [0.717, 1.165) is 48.2 Å². The molecule has 3 aliphatic rings. The van der Waals surface area contributed by atoms with Crippen molar-refractivity contribution in [2.75, 3.05) is 26.4 Å². The zero-order valence-corrected chi connectivity index (χ0v) is 19.3. The number of carbonyl (C=O) groups excluding carboxylic acids is 3. The van der Waals surface area contributed by atoms with Crippen LogP contribution >= 0.6 is 0 Å². The van der Waals surface area contributed by atoms with Crippen LogP contribution in [-0.2, 0) is 19.1 Å². The van der Waals surface area contributed by atoms with Crippen molar-refractivity contribution in [2.45, 2.75) is 50.5 Å². The number of amides is 2. The summed E-state index contributed by atoms with van der Waals surface area (Å²) in [5.41, 5.74) is 4.60. The van der Waals surface area contributed by atoms with Gasteiger partial charge in [0.2, 0.25) is 5.91 Å². The molecule has 2 aromatic rings. The molecule has 178 valence electrons. The topological polar surface area (TPSA) is 76.1 Å². The van der Waals surface area contributed by atoms with E-state index in [0.29, 0.717) is 19.3 Å². The average molecular weight is 463 g/mol. The van der Waals surface area contributed by atoms with Crippen LogP contribution in [0.5, 0.6) is 0 Å². The number of fused-ring (bicyclic) bond motifs is 3. The lowest BCUT2D eigenvalue weighted by Gasteiger charge is -2.27. The molecule has 0 bridgehead atoms. The van der Waals surface area contributed by atoms with Crippen molar-refractivity contribution in [3.63, 3.8) is 0 Å². The molecule has 2 aliphatic heterocycles. The first-order valence-electron chi connectivity index (χ1n) is 12.2. The highest BCUT2D eigenvalue weighted by atomic mass is 16.6. The molecule has 2 fully saturated rings. The van der Waals surface area contributed by atoms with Gasteiger partial charge in [-0.05, 0) is 54.4 Å². The Morgan fingerprint density at radius 1 is 0.941 bits per heavy atom. The number of likely N-dealkylation sites (tertiary alicyclic amines) is 1. The molecule has 2 saturated heterocycles. The standard InChI is InChI=1S/C27H30N2O5/c30-25(28-15-6-1-7-16-28)14-8-13-24-26(31)34-18-29(24)27(32)33-17-23-21-11-4-2-9-19(21)20-10-3-5-12-22(20)23/h2-5,9-12,23-24H,1,6-8,13-18H2/t24-/m0/s1. The first-order valence-corrected chi connectivity index (χ1v) is 12.2. The van der Waals surface area contributed by atoms with Crippen LogP contribution in [0.2, 0.25) is 0 Å². The highest BCUT2D eigenvalue weighted by Crippen LogP contribution is 2.44. The van der Waals surface area contributed by atoms with Crippen LogP contribution in [0.4, 0.5) is 4.79 Å². The highest BCUT2D eigenvalue weighted by Gasteiger charge is 2.39. The number of carbonyl (C=O) groups is 3. The van der Waals surface area contributed by atoms with Gasteiger partial charge in [-0.2, -0.15) is 0 Å². The molecule has 2 heterocycles. The number of cyclic esters (lactones) is 1. The minimum absolute atomic E-state index is 0.0452.